The van der Waals surface area contributed by atoms with E-state index in [-0.39, 0.29) is 5.41 Å². The highest BCUT2D eigenvalue weighted by Gasteiger charge is 2.23. The summed E-state index contributed by atoms with van der Waals surface area (Å²) in [5, 5.41) is 4.84. The van der Waals surface area contributed by atoms with E-state index in [0.29, 0.717) is 5.82 Å². The number of hydrogen-bond acceptors (Lipinski definition) is 3. The standard InChI is InChI=1S/C13H18N2O/c1-7-6-9(13(3,4)5)11-10(8(7)2)12(14)15-16-11/h6H,1-5H3,(H2,14,15). The molecule has 2 N–H and O–H groups in total. The summed E-state index contributed by atoms with van der Waals surface area (Å²) < 4.78 is 5.37. The molecular formula is C13H18N2O. The third kappa shape index (κ3) is 1.47. The molecule has 1 heterocycles. The molecule has 86 valence electrons. The summed E-state index contributed by atoms with van der Waals surface area (Å²) in [6, 6.07) is 2.17. The van der Waals surface area contributed by atoms with E-state index in [1.807, 2.05) is 0 Å². The first-order valence-corrected chi connectivity index (χ1v) is 5.48. The normalized spacial score (nSPS) is 12.3. The largest absolute Gasteiger partial charge is 0.380 e. The van der Waals surface area contributed by atoms with Gasteiger partial charge in [-0.1, -0.05) is 32.0 Å². The zero-order valence-electron chi connectivity index (χ0n) is 10.5. The molecule has 0 aliphatic rings. The van der Waals surface area contributed by atoms with Crippen molar-refractivity contribution in [1.29, 1.82) is 0 Å². The summed E-state index contributed by atoms with van der Waals surface area (Å²) in [5.41, 5.74) is 10.3. The number of nitrogens with two attached hydrogens (primary N) is 1. The predicted molar refractivity (Wildman–Crippen MR) is 66.6 cm³/mol. The molecule has 2 rings (SSSR count). The van der Waals surface area contributed by atoms with Crippen molar-refractivity contribution in [3.05, 3.63) is 22.8 Å². The predicted octanol–water partition coefficient (Wildman–Crippen LogP) is 3.32. The van der Waals surface area contributed by atoms with Crippen molar-refractivity contribution < 1.29 is 4.52 Å². The van der Waals surface area contributed by atoms with Crippen LogP contribution in [0, 0.1) is 13.8 Å². The lowest BCUT2D eigenvalue weighted by Gasteiger charge is -2.20. The van der Waals surface area contributed by atoms with Crippen molar-refractivity contribution >= 4 is 16.8 Å². The maximum atomic E-state index is 5.85. The van der Waals surface area contributed by atoms with Gasteiger partial charge in [0.25, 0.3) is 0 Å². The Morgan fingerprint density at radius 1 is 1.25 bits per heavy atom. The van der Waals surface area contributed by atoms with E-state index < -0.39 is 0 Å². The topological polar surface area (TPSA) is 52.0 Å². The Morgan fingerprint density at radius 3 is 2.44 bits per heavy atom. The molecular weight excluding hydrogens is 200 g/mol. The van der Waals surface area contributed by atoms with Gasteiger partial charge >= 0.3 is 0 Å². The van der Waals surface area contributed by atoms with E-state index in [9.17, 15) is 0 Å². The number of aryl methyl sites for hydroxylation is 2. The summed E-state index contributed by atoms with van der Waals surface area (Å²) in [7, 11) is 0. The molecule has 3 heteroatoms. The highest BCUT2D eigenvalue weighted by atomic mass is 16.5. The molecule has 1 aromatic carbocycles. The zero-order chi connectivity index (χ0) is 12.1. The molecule has 0 bridgehead atoms. The van der Waals surface area contributed by atoms with Gasteiger partial charge in [-0.15, -0.1) is 0 Å². The van der Waals surface area contributed by atoms with Crippen molar-refractivity contribution in [2.75, 3.05) is 5.73 Å². The molecule has 0 fully saturated rings. The number of fused-ring (bicyclic) bond motifs is 1. The van der Waals surface area contributed by atoms with Crippen molar-refractivity contribution in [3.8, 4) is 0 Å². The Balaban J connectivity index is 2.92. The minimum absolute atomic E-state index is 0.0304. The fourth-order valence-electron chi connectivity index (χ4n) is 1.99. The van der Waals surface area contributed by atoms with Crippen LogP contribution >= 0.6 is 0 Å². The molecule has 3 nitrogen and oxygen atoms in total. The Bertz CT molecular complexity index is 547. The minimum Gasteiger partial charge on any atom is -0.380 e. The fourth-order valence-corrected chi connectivity index (χ4v) is 1.99. The van der Waals surface area contributed by atoms with Crippen molar-refractivity contribution in [2.24, 2.45) is 0 Å². The van der Waals surface area contributed by atoms with Crippen LogP contribution in [-0.4, -0.2) is 5.16 Å². The van der Waals surface area contributed by atoms with Crippen molar-refractivity contribution in [2.45, 2.75) is 40.0 Å². The van der Waals surface area contributed by atoms with Gasteiger partial charge in [0.2, 0.25) is 0 Å². The molecule has 0 radical (unpaired) electrons. The third-order valence-electron chi connectivity index (χ3n) is 3.10. The van der Waals surface area contributed by atoms with Gasteiger partial charge in [0.15, 0.2) is 11.4 Å². The SMILES string of the molecule is Cc1cc(C(C)(C)C)c2onc(N)c2c1C. The fraction of sp³-hybridized carbons (Fsp3) is 0.462. The van der Waals surface area contributed by atoms with Crippen molar-refractivity contribution in [1.82, 2.24) is 5.16 Å². The summed E-state index contributed by atoms with van der Waals surface area (Å²) >= 11 is 0. The highest BCUT2D eigenvalue weighted by molar-refractivity contribution is 5.93. The third-order valence-corrected chi connectivity index (χ3v) is 3.10. The van der Waals surface area contributed by atoms with E-state index in [4.69, 9.17) is 10.3 Å². The lowest BCUT2D eigenvalue weighted by atomic mass is 9.84. The number of anilines is 1. The molecule has 16 heavy (non-hydrogen) atoms. The van der Waals surface area contributed by atoms with Crippen LogP contribution in [0.5, 0.6) is 0 Å². The number of benzene rings is 1. The average Bonchev–Trinajstić information content (AvgIpc) is 2.52. The summed E-state index contributed by atoms with van der Waals surface area (Å²) in [4.78, 5) is 0. The van der Waals surface area contributed by atoms with E-state index in [2.05, 4.69) is 45.8 Å². The van der Waals surface area contributed by atoms with Gasteiger partial charge in [-0.25, -0.2) is 0 Å². The maximum absolute atomic E-state index is 5.85. The van der Waals surface area contributed by atoms with Crippen molar-refractivity contribution in [3.63, 3.8) is 0 Å². The Morgan fingerprint density at radius 2 is 1.88 bits per heavy atom. The van der Waals surface area contributed by atoms with E-state index in [1.165, 1.54) is 5.56 Å². The molecule has 0 aliphatic carbocycles. The second kappa shape index (κ2) is 3.24. The minimum atomic E-state index is 0.0304. The molecule has 0 atom stereocenters. The number of hydrogen-bond donors (Lipinski definition) is 1. The second-order valence-corrected chi connectivity index (χ2v) is 5.39. The molecule has 0 saturated heterocycles. The number of rotatable bonds is 0. The summed E-state index contributed by atoms with van der Waals surface area (Å²) in [6.07, 6.45) is 0. The van der Waals surface area contributed by atoms with Gasteiger partial charge < -0.3 is 10.3 Å². The lowest BCUT2D eigenvalue weighted by molar-refractivity contribution is 0.449. The van der Waals surface area contributed by atoms with E-state index >= 15 is 0 Å². The molecule has 1 aromatic heterocycles. The monoisotopic (exact) mass is 218 g/mol. The summed E-state index contributed by atoms with van der Waals surface area (Å²) in [6.45, 7) is 10.6. The molecule has 2 aromatic rings. The van der Waals surface area contributed by atoms with E-state index in [1.54, 1.807) is 0 Å². The first-order chi connectivity index (χ1) is 7.32. The van der Waals surface area contributed by atoms with Crippen LogP contribution in [0.3, 0.4) is 0 Å². The van der Waals surface area contributed by atoms with Crippen LogP contribution in [-0.2, 0) is 5.41 Å². The van der Waals surface area contributed by atoms with Crippen LogP contribution in [0.1, 0.15) is 37.5 Å². The molecule has 0 amide bonds. The van der Waals surface area contributed by atoms with Crippen LogP contribution in [0.2, 0.25) is 0 Å². The number of aromatic nitrogens is 1. The van der Waals surface area contributed by atoms with Gasteiger partial charge in [0, 0.05) is 5.56 Å². The van der Waals surface area contributed by atoms with Gasteiger partial charge in [0.05, 0.1) is 5.39 Å². The number of nitrogens with zero attached hydrogens (tertiary/aromatic N) is 1. The van der Waals surface area contributed by atoms with Crippen LogP contribution in [0.15, 0.2) is 10.6 Å². The molecule has 0 saturated carbocycles. The van der Waals surface area contributed by atoms with E-state index in [0.717, 1.165) is 22.1 Å². The zero-order valence-corrected chi connectivity index (χ0v) is 10.5. The smallest absolute Gasteiger partial charge is 0.175 e. The van der Waals surface area contributed by atoms with Gasteiger partial charge in [-0.05, 0) is 30.4 Å². The first kappa shape index (κ1) is 11.0. The van der Waals surface area contributed by atoms with Gasteiger partial charge in [0.1, 0.15) is 0 Å². The average molecular weight is 218 g/mol. The maximum Gasteiger partial charge on any atom is 0.175 e. The molecule has 0 aliphatic heterocycles. The highest BCUT2D eigenvalue weighted by Crippen LogP contribution is 2.35. The molecule has 0 unspecified atom stereocenters. The lowest BCUT2D eigenvalue weighted by Crippen LogP contribution is -2.12. The first-order valence-electron chi connectivity index (χ1n) is 5.48. The number of nitrogen functional groups attached to an aromatic ring is 1. The van der Waals surface area contributed by atoms with Crippen LogP contribution < -0.4 is 5.73 Å². The van der Waals surface area contributed by atoms with Crippen LogP contribution in [0.4, 0.5) is 5.82 Å². The Kier molecular flexibility index (Phi) is 2.22. The Hall–Kier alpha value is -1.51. The summed E-state index contributed by atoms with van der Waals surface area (Å²) in [5.74, 6) is 0.488. The second-order valence-electron chi connectivity index (χ2n) is 5.39. The van der Waals surface area contributed by atoms with Gasteiger partial charge in [-0.2, -0.15) is 0 Å². The molecule has 0 spiro atoms. The van der Waals surface area contributed by atoms with Crippen LogP contribution in [0.25, 0.3) is 11.0 Å². The Labute approximate surface area is 95.6 Å². The quantitative estimate of drug-likeness (QED) is 0.738. The van der Waals surface area contributed by atoms with Gasteiger partial charge in [-0.3, -0.25) is 0 Å².